The number of benzene rings is 1. The minimum absolute atomic E-state index is 0.0817. The van der Waals surface area contributed by atoms with Crippen molar-refractivity contribution < 1.29 is 8.78 Å². The molecule has 0 spiro atoms. The standard InChI is InChI=1S/C11H12F2/c1-2-10-9-6-4-3-5-8(9)7-11(10,12)13/h3-6,10H,2,7H2,1H3. The maximum Gasteiger partial charge on any atom is 0.258 e. The molecule has 2 heteroatoms. The number of hydrogen-bond acceptors (Lipinski definition) is 0. The Morgan fingerprint density at radius 1 is 1.38 bits per heavy atom. The molecule has 1 aliphatic rings. The Morgan fingerprint density at radius 2 is 2.08 bits per heavy atom. The van der Waals surface area contributed by atoms with E-state index in [1.165, 1.54) is 0 Å². The highest BCUT2D eigenvalue weighted by atomic mass is 19.3. The molecule has 0 fully saturated rings. The van der Waals surface area contributed by atoms with Crippen LogP contribution in [0.5, 0.6) is 0 Å². The number of hydrogen-bond donors (Lipinski definition) is 0. The van der Waals surface area contributed by atoms with E-state index < -0.39 is 11.8 Å². The summed E-state index contributed by atoms with van der Waals surface area (Å²) >= 11 is 0. The third-order valence-electron chi connectivity index (χ3n) is 2.77. The van der Waals surface area contributed by atoms with Gasteiger partial charge in [-0.25, -0.2) is 8.78 Å². The van der Waals surface area contributed by atoms with Crippen molar-refractivity contribution in [3.05, 3.63) is 35.4 Å². The second-order valence-electron chi connectivity index (χ2n) is 3.60. The van der Waals surface area contributed by atoms with Gasteiger partial charge in [0, 0.05) is 12.3 Å². The van der Waals surface area contributed by atoms with Crippen LogP contribution in [0.15, 0.2) is 24.3 Å². The molecule has 0 radical (unpaired) electrons. The lowest BCUT2D eigenvalue weighted by atomic mass is 9.97. The van der Waals surface area contributed by atoms with Gasteiger partial charge in [0.15, 0.2) is 0 Å². The molecule has 0 saturated heterocycles. The lowest BCUT2D eigenvalue weighted by Gasteiger charge is -2.17. The lowest BCUT2D eigenvalue weighted by molar-refractivity contribution is -0.0162. The average molecular weight is 182 g/mol. The topological polar surface area (TPSA) is 0 Å². The monoisotopic (exact) mass is 182 g/mol. The molecule has 1 aromatic carbocycles. The first-order chi connectivity index (χ1) is 6.15. The minimum Gasteiger partial charge on any atom is -0.206 e. The maximum atomic E-state index is 13.4. The molecule has 0 heterocycles. The first kappa shape index (κ1) is 8.67. The molecule has 1 unspecified atom stereocenters. The van der Waals surface area contributed by atoms with Crippen molar-refractivity contribution in [3.8, 4) is 0 Å². The van der Waals surface area contributed by atoms with Crippen LogP contribution in [0.25, 0.3) is 0 Å². The predicted molar refractivity (Wildman–Crippen MR) is 48.1 cm³/mol. The highest BCUT2D eigenvalue weighted by molar-refractivity contribution is 5.38. The molecule has 2 rings (SSSR count). The van der Waals surface area contributed by atoms with Crippen LogP contribution in [-0.2, 0) is 6.42 Å². The molecule has 1 atom stereocenters. The van der Waals surface area contributed by atoms with E-state index in [1.807, 2.05) is 25.1 Å². The Kier molecular flexibility index (Phi) is 1.86. The Morgan fingerprint density at radius 3 is 2.77 bits per heavy atom. The summed E-state index contributed by atoms with van der Waals surface area (Å²) in [4.78, 5) is 0. The van der Waals surface area contributed by atoms with Crippen molar-refractivity contribution in [2.75, 3.05) is 0 Å². The fraction of sp³-hybridized carbons (Fsp3) is 0.455. The molecular weight excluding hydrogens is 170 g/mol. The summed E-state index contributed by atoms with van der Waals surface area (Å²) in [6, 6.07) is 7.29. The molecule has 1 aliphatic carbocycles. The average Bonchev–Trinajstić information content (AvgIpc) is 2.33. The molecule has 70 valence electrons. The van der Waals surface area contributed by atoms with Gasteiger partial charge in [0.05, 0.1) is 0 Å². The predicted octanol–water partition coefficient (Wildman–Crippen LogP) is 3.37. The van der Waals surface area contributed by atoms with Gasteiger partial charge in [0.1, 0.15) is 0 Å². The van der Waals surface area contributed by atoms with Gasteiger partial charge in [-0.05, 0) is 17.5 Å². The van der Waals surface area contributed by atoms with Crippen molar-refractivity contribution in [2.24, 2.45) is 0 Å². The zero-order valence-corrected chi connectivity index (χ0v) is 7.56. The summed E-state index contributed by atoms with van der Waals surface area (Å²) < 4.78 is 26.8. The van der Waals surface area contributed by atoms with E-state index in [9.17, 15) is 8.78 Å². The number of halogens is 2. The third kappa shape index (κ3) is 1.25. The summed E-state index contributed by atoms with van der Waals surface area (Å²) in [6.07, 6.45) is 0.436. The van der Waals surface area contributed by atoms with Crippen LogP contribution in [-0.4, -0.2) is 5.92 Å². The second-order valence-corrected chi connectivity index (χ2v) is 3.60. The normalized spacial score (nSPS) is 24.4. The highest BCUT2D eigenvalue weighted by Crippen LogP contribution is 2.46. The highest BCUT2D eigenvalue weighted by Gasteiger charge is 2.45. The number of rotatable bonds is 1. The Labute approximate surface area is 76.6 Å². The largest absolute Gasteiger partial charge is 0.258 e. The van der Waals surface area contributed by atoms with E-state index in [-0.39, 0.29) is 6.42 Å². The SMILES string of the molecule is CCC1c2ccccc2CC1(F)F. The molecular formula is C11H12F2. The van der Waals surface area contributed by atoms with Crippen LogP contribution in [0.2, 0.25) is 0 Å². The van der Waals surface area contributed by atoms with Crippen LogP contribution < -0.4 is 0 Å². The van der Waals surface area contributed by atoms with Crippen molar-refractivity contribution in [3.63, 3.8) is 0 Å². The van der Waals surface area contributed by atoms with Crippen LogP contribution in [0.4, 0.5) is 8.78 Å². The first-order valence-electron chi connectivity index (χ1n) is 4.61. The third-order valence-corrected chi connectivity index (χ3v) is 2.77. The fourth-order valence-electron chi connectivity index (χ4n) is 2.16. The zero-order chi connectivity index (χ0) is 9.47. The van der Waals surface area contributed by atoms with Gasteiger partial charge in [-0.2, -0.15) is 0 Å². The van der Waals surface area contributed by atoms with Crippen LogP contribution in [0.1, 0.15) is 30.4 Å². The zero-order valence-electron chi connectivity index (χ0n) is 7.56. The van der Waals surface area contributed by atoms with E-state index in [2.05, 4.69) is 0 Å². The van der Waals surface area contributed by atoms with E-state index >= 15 is 0 Å². The quantitative estimate of drug-likeness (QED) is 0.624. The number of alkyl halides is 2. The maximum absolute atomic E-state index is 13.4. The van der Waals surface area contributed by atoms with Crippen LogP contribution in [0, 0.1) is 0 Å². The molecule has 0 bridgehead atoms. The van der Waals surface area contributed by atoms with Crippen molar-refractivity contribution in [2.45, 2.75) is 31.6 Å². The molecule has 0 aliphatic heterocycles. The smallest absolute Gasteiger partial charge is 0.206 e. The summed E-state index contributed by atoms with van der Waals surface area (Å²) in [5.41, 5.74) is 1.66. The molecule has 0 aromatic heterocycles. The van der Waals surface area contributed by atoms with Gasteiger partial charge in [-0.1, -0.05) is 31.2 Å². The van der Waals surface area contributed by atoms with Gasteiger partial charge in [0.25, 0.3) is 5.92 Å². The summed E-state index contributed by atoms with van der Waals surface area (Å²) in [5.74, 6) is -3.10. The van der Waals surface area contributed by atoms with Crippen molar-refractivity contribution >= 4 is 0 Å². The fourth-order valence-corrected chi connectivity index (χ4v) is 2.16. The van der Waals surface area contributed by atoms with E-state index in [1.54, 1.807) is 6.07 Å². The van der Waals surface area contributed by atoms with Gasteiger partial charge in [0.2, 0.25) is 0 Å². The van der Waals surface area contributed by atoms with E-state index in [0.717, 1.165) is 11.1 Å². The van der Waals surface area contributed by atoms with Gasteiger partial charge in [-0.15, -0.1) is 0 Å². The Balaban J connectivity index is 2.46. The number of fused-ring (bicyclic) bond motifs is 1. The van der Waals surface area contributed by atoms with Crippen LogP contribution in [0.3, 0.4) is 0 Å². The molecule has 0 amide bonds. The van der Waals surface area contributed by atoms with Gasteiger partial charge < -0.3 is 0 Å². The van der Waals surface area contributed by atoms with Crippen LogP contribution >= 0.6 is 0 Å². The summed E-state index contributed by atoms with van der Waals surface area (Å²) in [7, 11) is 0. The lowest BCUT2D eigenvalue weighted by Crippen LogP contribution is -2.21. The molecule has 0 nitrogen and oxygen atoms in total. The molecule has 13 heavy (non-hydrogen) atoms. The van der Waals surface area contributed by atoms with Crippen molar-refractivity contribution in [1.82, 2.24) is 0 Å². The summed E-state index contributed by atoms with van der Waals surface area (Å²) in [5, 5.41) is 0. The van der Waals surface area contributed by atoms with E-state index in [0.29, 0.717) is 6.42 Å². The Bertz CT molecular complexity index is 318. The summed E-state index contributed by atoms with van der Waals surface area (Å²) in [6.45, 7) is 1.82. The molecule has 0 N–H and O–H groups in total. The van der Waals surface area contributed by atoms with E-state index in [4.69, 9.17) is 0 Å². The van der Waals surface area contributed by atoms with Gasteiger partial charge in [-0.3, -0.25) is 0 Å². The van der Waals surface area contributed by atoms with Gasteiger partial charge >= 0.3 is 0 Å². The molecule has 1 aromatic rings. The van der Waals surface area contributed by atoms with Crippen molar-refractivity contribution in [1.29, 1.82) is 0 Å². The Hall–Kier alpha value is -0.920. The molecule has 0 saturated carbocycles. The second kappa shape index (κ2) is 2.79. The minimum atomic E-state index is -2.53. The first-order valence-corrected chi connectivity index (χ1v) is 4.61.